The number of fused-ring (bicyclic) bond motifs is 3. The molecule has 4 rings (SSSR count). The van der Waals surface area contributed by atoms with Crippen LogP contribution in [0.3, 0.4) is 0 Å². The lowest BCUT2D eigenvalue weighted by atomic mass is 9.61. The number of carbonyl (C=O) groups excluding carboxylic acids is 1. The molecule has 2 aliphatic heterocycles. The van der Waals surface area contributed by atoms with Crippen LogP contribution in [-0.4, -0.2) is 29.8 Å². The summed E-state index contributed by atoms with van der Waals surface area (Å²) >= 11 is 3.43. The number of hydrogen-bond acceptors (Lipinski definition) is 4. The predicted molar refractivity (Wildman–Crippen MR) is 88.7 cm³/mol. The summed E-state index contributed by atoms with van der Waals surface area (Å²) in [5.41, 5.74) is 1.05. The molecule has 0 aromatic carbocycles. The van der Waals surface area contributed by atoms with Gasteiger partial charge in [0.25, 0.3) is 0 Å². The van der Waals surface area contributed by atoms with Crippen LogP contribution in [0.1, 0.15) is 26.0 Å². The Balaban J connectivity index is 1.59. The Morgan fingerprint density at radius 3 is 2.87 bits per heavy atom. The summed E-state index contributed by atoms with van der Waals surface area (Å²) in [4.78, 5) is 16.7. The van der Waals surface area contributed by atoms with Crippen molar-refractivity contribution in [3.05, 3.63) is 28.5 Å². The number of nitrogens with zero attached hydrogens (tertiary/aromatic N) is 1. The molecule has 124 valence electrons. The van der Waals surface area contributed by atoms with Crippen molar-refractivity contribution in [3.8, 4) is 0 Å². The summed E-state index contributed by atoms with van der Waals surface area (Å²) < 4.78 is 12.7. The largest absolute Gasteiger partial charge is 0.462 e. The second-order valence-corrected chi connectivity index (χ2v) is 8.24. The summed E-state index contributed by atoms with van der Waals surface area (Å²) in [6.07, 6.45) is 3.74. The molecule has 3 heterocycles. The van der Waals surface area contributed by atoms with Gasteiger partial charge in [0.05, 0.1) is 18.6 Å². The Morgan fingerprint density at radius 2 is 2.13 bits per heavy atom. The van der Waals surface area contributed by atoms with E-state index >= 15 is 0 Å². The van der Waals surface area contributed by atoms with Crippen LogP contribution in [-0.2, 0) is 20.7 Å². The molecule has 0 radical (unpaired) electrons. The molecule has 2 saturated heterocycles. The smallest absolute Gasteiger partial charge is 0.309 e. The first-order valence-corrected chi connectivity index (χ1v) is 9.26. The van der Waals surface area contributed by atoms with Gasteiger partial charge in [-0.3, -0.25) is 9.78 Å². The van der Waals surface area contributed by atoms with E-state index in [4.69, 9.17) is 9.47 Å². The Labute approximate surface area is 145 Å². The fraction of sp³-hybridized carbons (Fsp3) is 0.667. The highest BCUT2D eigenvalue weighted by Gasteiger charge is 2.57. The lowest BCUT2D eigenvalue weighted by Crippen LogP contribution is -2.44. The maximum Gasteiger partial charge on any atom is 0.309 e. The molecule has 0 amide bonds. The number of cyclic esters (lactones) is 1. The molecule has 1 aromatic rings. The highest BCUT2D eigenvalue weighted by molar-refractivity contribution is 9.10. The van der Waals surface area contributed by atoms with Gasteiger partial charge < -0.3 is 9.47 Å². The number of carbonyl (C=O) groups is 1. The Morgan fingerprint density at radius 1 is 1.30 bits per heavy atom. The molecule has 0 unspecified atom stereocenters. The van der Waals surface area contributed by atoms with Gasteiger partial charge in [0.15, 0.2) is 0 Å². The van der Waals surface area contributed by atoms with E-state index in [0.29, 0.717) is 23.7 Å². The SMILES string of the molecule is C[C@H]1C[C@H]2C(=O)O[C@H](C)[C@H]2[C@@H]2[C@@H]1CO[C@H]2Cc1ccc(Br)cn1. The molecule has 4 nitrogen and oxygen atoms in total. The first-order chi connectivity index (χ1) is 11.0. The molecule has 0 spiro atoms. The molecule has 1 aromatic heterocycles. The fourth-order valence-electron chi connectivity index (χ4n) is 4.98. The van der Waals surface area contributed by atoms with Crippen LogP contribution in [0, 0.1) is 29.6 Å². The summed E-state index contributed by atoms with van der Waals surface area (Å²) in [7, 11) is 0. The Kier molecular flexibility index (Phi) is 3.96. The average molecular weight is 380 g/mol. The third kappa shape index (κ3) is 2.62. The molecule has 3 aliphatic rings. The number of halogens is 1. The van der Waals surface area contributed by atoms with E-state index in [1.165, 1.54) is 0 Å². The quantitative estimate of drug-likeness (QED) is 0.740. The molecule has 1 saturated carbocycles. The van der Waals surface area contributed by atoms with Gasteiger partial charge in [0.1, 0.15) is 6.10 Å². The minimum absolute atomic E-state index is 0.000201. The Hall–Kier alpha value is -0.940. The minimum atomic E-state index is 0.000201. The zero-order chi connectivity index (χ0) is 16.1. The van der Waals surface area contributed by atoms with Crippen molar-refractivity contribution in [1.82, 2.24) is 4.98 Å². The monoisotopic (exact) mass is 379 g/mol. The van der Waals surface area contributed by atoms with Crippen molar-refractivity contribution >= 4 is 21.9 Å². The number of hydrogen-bond donors (Lipinski definition) is 0. The van der Waals surface area contributed by atoms with E-state index in [9.17, 15) is 4.79 Å². The average Bonchev–Trinajstić information content (AvgIpc) is 3.04. The van der Waals surface area contributed by atoms with Gasteiger partial charge in [0.2, 0.25) is 0 Å². The topological polar surface area (TPSA) is 48.4 Å². The number of aromatic nitrogens is 1. The van der Waals surface area contributed by atoms with Crippen molar-refractivity contribution < 1.29 is 14.3 Å². The minimum Gasteiger partial charge on any atom is -0.462 e. The van der Waals surface area contributed by atoms with Gasteiger partial charge in [-0.1, -0.05) is 6.92 Å². The molecule has 0 N–H and O–H groups in total. The first kappa shape index (κ1) is 15.6. The zero-order valence-electron chi connectivity index (χ0n) is 13.4. The summed E-state index contributed by atoms with van der Waals surface area (Å²) in [6.45, 7) is 5.10. The van der Waals surface area contributed by atoms with Crippen LogP contribution in [0.15, 0.2) is 22.8 Å². The number of pyridine rings is 1. The Bertz CT molecular complexity index is 605. The second kappa shape index (κ2) is 5.85. The highest BCUT2D eigenvalue weighted by atomic mass is 79.9. The standard InChI is InChI=1S/C18H22BrNO3/c1-9-5-13-16(10(2)23-18(13)21)17-14(9)8-22-15(17)6-12-4-3-11(19)7-20-12/h3-4,7,9-10,13-17H,5-6,8H2,1-2H3/t9-,10+,13+,14+,15-,16+,17+/m0/s1. The van der Waals surface area contributed by atoms with Crippen molar-refractivity contribution in [2.45, 2.75) is 38.9 Å². The van der Waals surface area contributed by atoms with Crippen molar-refractivity contribution in [3.63, 3.8) is 0 Å². The maximum absolute atomic E-state index is 12.2. The number of rotatable bonds is 2. The van der Waals surface area contributed by atoms with E-state index in [2.05, 4.69) is 27.8 Å². The van der Waals surface area contributed by atoms with Gasteiger partial charge in [-0.2, -0.15) is 0 Å². The molecule has 1 aliphatic carbocycles. The zero-order valence-corrected chi connectivity index (χ0v) is 15.0. The van der Waals surface area contributed by atoms with Gasteiger partial charge in [0, 0.05) is 28.7 Å². The van der Waals surface area contributed by atoms with Crippen LogP contribution < -0.4 is 0 Å². The fourth-order valence-corrected chi connectivity index (χ4v) is 5.22. The normalized spacial score (nSPS) is 42.2. The maximum atomic E-state index is 12.2. The van der Waals surface area contributed by atoms with Gasteiger partial charge >= 0.3 is 5.97 Å². The number of ether oxygens (including phenoxy) is 2. The van der Waals surface area contributed by atoms with Crippen molar-refractivity contribution in [2.24, 2.45) is 29.6 Å². The first-order valence-electron chi connectivity index (χ1n) is 8.47. The predicted octanol–water partition coefficient (Wildman–Crippen LogP) is 3.24. The third-order valence-electron chi connectivity index (χ3n) is 6.04. The number of esters is 1. The van der Waals surface area contributed by atoms with Crippen LogP contribution in [0.2, 0.25) is 0 Å². The van der Waals surface area contributed by atoms with Gasteiger partial charge in [-0.05, 0) is 59.2 Å². The van der Waals surface area contributed by atoms with E-state index in [1.54, 1.807) is 0 Å². The molecular weight excluding hydrogens is 358 g/mol. The highest BCUT2D eigenvalue weighted by Crippen LogP contribution is 2.53. The lowest BCUT2D eigenvalue weighted by Gasteiger charge is -2.40. The van der Waals surface area contributed by atoms with Crippen LogP contribution in [0.5, 0.6) is 0 Å². The lowest BCUT2D eigenvalue weighted by molar-refractivity contribution is -0.144. The van der Waals surface area contributed by atoms with E-state index in [1.807, 2.05) is 25.3 Å². The van der Waals surface area contributed by atoms with Crippen LogP contribution in [0.4, 0.5) is 0 Å². The van der Waals surface area contributed by atoms with E-state index in [-0.39, 0.29) is 24.1 Å². The molecule has 23 heavy (non-hydrogen) atoms. The molecule has 5 heteroatoms. The van der Waals surface area contributed by atoms with Crippen molar-refractivity contribution in [2.75, 3.05) is 6.61 Å². The van der Waals surface area contributed by atoms with E-state index in [0.717, 1.165) is 29.6 Å². The summed E-state index contributed by atoms with van der Waals surface area (Å²) in [6, 6.07) is 4.07. The van der Waals surface area contributed by atoms with Gasteiger partial charge in [-0.15, -0.1) is 0 Å². The van der Waals surface area contributed by atoms with Crippen LogP contribution >= 0.6 is 15.9 Å². The second-order valence-electron chi connectivity index (χ2n) is 7.32. The summed E-state index contributed by atoms with van der Waals surface area (Å²) in [5, 5.41) is 0. The van der Waals surface area contributed by atoms with E-state index < -0.39 is 0 Å². The third-order valence-corrected chi connectivity index (χ3v) is 6.51. The molecule has 0 bridgehead atoms. The molecule has 7 atom stereocenters. The van der Waals surface area contributed by atoms with Crippen molar-refractivity contribution in [1.29, 1.82) is 0 Å². The summed E-state index contributed by atoms with van der Waals surface area (Å²) in [5.74, 6) is 1.81. The molecule has 3 fully saturated rings. The van der Waals surface area contributed by atoms with Crippen LogP contribution in [0.25, 0.3) is 0 Å². The molecular formula is C18H22BrNO3. The van der Waals surface area contributed by atoms with Gasteiger partial charge in [-0.25, -0.2) is 0 Å².